The van der Waals surface area contributed by atoms with Crippen LogP contribution in [0.5, 0.6) is 0 Å². The lowest BCUT2D eigenvalue weighted by Gasteiger charge is -2.24. The van der Waals surface area contributed by atoms with Crippen LogP contribution < -0.4 is 0 Å². The molecule has 1 aliphatic carbocycles. The van der Waals surface area contributed by atoms with Gasteiger partial charge in [-0.3, -0.25) is 0 Å². The molecule has 0 aliphatic heterocycles. The van der Waals surface area contributed by atoms with Crippen LogP contribution in [0.1, 0.15) is 37.3 Å². The van der Waals surface area contributed by atoms with Crippen LogP contribution in [-0.4, -0.2) is 25.0 Å². The molecule has 0 spiro atoms. The van der Waals surface area contributed by atoms with E-state index >= 15 is 0 Å². The van der Waals surface area contributed by atoms with Gasteiger partial charge < -0.3 is 5.11 Å². The van der Waals surface area contributed by atoms with Crippen molar-refractivity contribution in [3.8, 4) is 0 Å². The Balaban J connectivity index is 2.06. The molecule has 0 saturated carbocycles. The van der Waals surface area contributed by atoms with E-state index in [1.54, 1.807) is 13.0 Å². The van der Waals surface area contributed by atoms with Crippen LogP contribution in [0.25, 0.3) is 0 Å². The van der Waals surface area contributed by atoms with Gasteiger partial charge in [0.05, 0.1) is 11.4 Å². The van der Waals surface area contributed by atoms with E-state index in [2.05, 4.69) is 0 Å². The summed E-state index contributed by atoms with van der Waals surface area (Å²) in [5, 5.41) is 10.6. The van der Waals surface area contributed by atoms with Crippen molar-refractivity contribution in [3.63, 3.8) is 0 Å². The van der Waals surface area contributed by atoms with E-state index in [4.69, 9.17) is 0 Å². The minimum absolute atomic E-state index is 0.0995. The second-order valence-corrected chi connectivity index (χ2v) is 7.65. The van der Waals surface area contributed by atoms with Gasteiger partial charge in [0.1, 0.15) is 15.7 Å². The molecule has 1 aromatic rings. The summed E-state index contributed by atoms with van der Waals surface area (Å²) >= 11 is 0. The van der Waals surface area contributed by atoms with Crippen LogP contribution >= 0.6 is 0 Å². The zero-order chi connectivity index (χ0) is 14.1. The summed E-state index contributed by atoms with van der Waals surface area (Å²) in [6, 6.07) is 4.42. The normalized spacial score (nSPS) is 22.5. The SMILES string of the molecule is CCS(=O)(=O)CCCC1(O)CCc2cc(F)ccc21. The highest BCUT2D eigenvalue weighted by atomic mass is 32.2. The summed E-state index contributed by atoms with van der Waals surface area (Å²) in [5.74, 6) is -0.0631. The van der Waals surface area contributed by atoms with E-state index in [9.17, 15) is 17.9 Å². The number of sulfone groups is 1. The van der Waals surface area contributed by atoms with Gasteiger partial charge in [0.2, 0.25) is 0 Å². The van der Waals surface area contributed by atoms with Crippen molar-refractivity contribution in [2.45, 2.75) is 38.2 Å². The molecule has 0 aromatic heterocycles. The predicted molar refractivity (Wildman–Crippen MR) is 72.2 cm³/mol. The molecule has 1 atom stereocenters. The zero-order valence-electron chi connectivity index (χ0n) is 11.0. The topological polar surface area (TPSA) is 54.4 Å². The summed E-state index contributed by atoms with van der Waals surface area (Å²) in [5.41, 5.74) is 0.593. The maximum atomic E-state index is 13.1. The Labute approximate surface area is 113 Å². The van der Waals surface area contributed by atoms with Crippen molar-refractivity contribution in [2.75, 3.05) is 11.5 Å². The molecule has 5 heteroatoms. The van der Waals surface area contributed by atoms with Crippen LogP contribution in [0, 0.1) is 5.82 Å². The molecular formula is C14H19FO3S. The van der Waals surface area contributed by atoms with Crippen LogP contribution in [0.3, 0.4) is 0 Å². The molecule has 1 unspecified atom stereocenters. The van der Waals surface area contributed by atoms with Gasteiger partial charge in [0, 0.05) is 5.75 Å². The molecule has 106 valence electrons. The minimum Gasteiger partial charge on any atom is -0.385 e. The lowest BCUT2D eigenvalue weighted by molar-refractivity contribution is 0.0289. The smallest absolute Gasteiger partial charge is 0.150 e. The van der Waals surface area contributed by atoms with Gasteiger partial charge in [0.15, 0.2) is 0 Å². The highest BCUT2D eigenvalue weighted by molar-refractivity contribution is 7.91. The van der Waals surface area contributed by atoms with Crippen molar-refractivity contribution < 1.29 is 17.9 Å². The Morgan fingerprint density at radius 3 is 2.84 bits per heavy atom. The predicted octanol–water partition coefficient (Wildman–Crippen LogP) is 2.17. The summed E-state index contributed by atoms with van der Waals surface area (Å²) in [7, 11) is -2.99. The molecule has 1 N–H and O–H groups in total. The summed E-state index contributed by atoms with van der Waals surface area (Å²) in [4.78, 5) is 0. The maximum absolute atomic E-state index is 13.1. The Kier molecular flexibility index (Phi) is 3.97. The van der Waals surface area contributed by atoms with E-state index in [1.165, 1.54) is 12.1 Å². The van der Waals surface area contributed by atoms with E-state index in [0.29, 0.717) is 25.7 Å². The number of aryl methyl sites for hydroxylation is 1. The Bertz CT molecular complexity index is 568. The Morgan fingerprint density at radius 1 is 1.42 bits per heavy atom. The number of halogens is 1. The molecule has 3 nitrogen and oxygen atoms in total. The van der Waals surface area contributed by atoms with Gasteiger partial charge in [0.25, 0.3) is 0 Å². The molecule has 0 saturated heterocycles. The third-order valence-corrected chi connectivity index (χ3v) is 5.65. The first-order valence-electron chi connectivity index (χ1n) is 6.58. The largest absolute Gasteiger partial charge is 0.385 e. The van der Waals surface area contributed by atoms with Crippen molar-refractivity contribution in [2.24, 2.45) is 0 Å². The second kappa shape index (κ2) is 5.21. The van der Waals surface area contributed by atoms with Gasteiger partial charge in [-0.25, -0.2) is 12.8 Å². The monoisotopic (exact) mass is 286 g/mol. The maximum Gasteiger partial charge on any atom is 0.150 e. The van der Waals surface area contributed by atoms with Crippen molar-refractivity contribution >= 4 is 9.84 Å². The van der Waals surface area contributed by atoms with Gasteiger partial charge in [-0.05, 0) is 48.9 Å². The fraction of sp³-hybridized carbons (Fsp3) is 0.571. The number of hydrogen-bond donors (Lipinski definition) is 1. The Hall–Kier alpha value is -0.940. The molecule has 1 aliphatic rings. The van der Waals surface area contributed by atoms with E-state index in [1.807, 2.05) is 0 Å². The molecule has 1 aromatic carbocycles. The van der Waals surface area contributed by atoms with Crippen molar-refractivity contribution in [1.29, 1.82) is 0 Å². The second-order valence-electron chi connectivity index (χ2n) is 5.17. The highest BCUT2D eigenvalue weighted by Gasteiger charge is 2.36. The van der Waals surface area contributed by atoms with Gasteiger partial charge in [-0.2, -0.15) is 0 Å². The molecule has 0 bridgehead atoms. The van der Waals surface area contributed by atoms with Gasteiger partial charge in [-0.1, -0.05) is 13.0 Å². The molecular weight excluding hydrogens is 267 g/mol. The van der Waals surface area contributed by atoms with E-state index in [0.717, 1.165) is 11.1 Å². The van der Waals surface area contributed by atoms with Crippen LogP contribution in [0.15, 0.2) is 18.2 Å². The number of benzene rings is 1. The van der Waals surface area contributed by atoms with Crippen molar-refractivity contribution in [3.05, 3.63) is 35.1 Å². The lowest BCUT2D eigenvalue weighted by atomic mass is 9.91. The summed E-state index contributed by atoms with van der Waals surface area (Å²) < 4.78 is 36.0. The lowest BCUT2D eigenvalue weighted by Crippen LogP contribution is -2.23. The minimum atomic E-state index is -2.99. The Morgan fingerprint density at radius 2 is 2.16 bits per heavy atom. The van der Waals surface area contributed by atoms with Crippen LogP contribution in [0.2, 0.25) is 0 Å². The molecule has 0 heterocycles. The quantitative estimate of drug-likeness (QED) is 0.902. The molecule has 2 rings (SSSR count). The summed E-state index contributed by atoms with van der Waals surface area (Å²) in [6.07, 6.45) is 2.02. The highest BCUT2D eigenvalue weighted by Crippen LogP contribution is 2.40. The fourth-order valence-corrected chi connectivity index (χ4v) is 3.56. The average Bonchev–Trinajstić information content (AvgIpc) is 2.66. The molecule has 19 heavy (non-hydrogen) atoms. The van der Waals surface area contributed by atoms with Crippen LogP contribution in [-0.2, 0) is 21.9 Å². The average molecular weight is 286 g/mol. The number of hydrogen-bond acceptors (Lipinski definition) is 3. The zero-order valence-corrected chi connectivity index (χ0v) is 11.8. The van der Waals surface area contributed by atoms with Crippen molar-refractivity contribution in [1.82, 2.24) is 0 Å². The van der Waals surface area contributed by atoms with E-state index in [-0.39, 0.29) is 17.3 Å². The first kappa shape index (κ1) is 14.5. The molecule has 0 fully saturated rings. The van der Waals surface area contributed by atoms with Crippen LogP contribution in [0.4, 0.5) is 4.39 Å². The molecule has 0 radical (unpaired) electrons. The third-order valence-electron chi connectivity index (χ3n) is 3.86. The third kappa shape index (κ3) is 3.15. The number of aliphatic hydroxyl groups is 1. The fourth-order valence-electron chi connectivity index (χ4n) is 2.69. The van der Waals surface area contributed by atoms with Gasteiger partial charge >= 0.3 is 0 Å². The number of rotatable bonds is 5. The molecule has 0 amide bonds. The standard InChI is InChI=1S/C14H19FO3S/c1-2-19(17,18)9-3-7-14(16)8-6-11-10-12(15)4-5-13(11)14/h4-5,10,16H,2-3,6-9H2,1H3. The first-order valence-corrected chi connectivity index (χ1v) is 8.40. The van der Waals surface area contributed by atoms with E-state index < -0.39 is 15.4 Å². The number of fused-ring (bicyclic) bond motifs is 1. The summed E-state index contributed by atoms with van der Waals surface area (Å²) in [6.45, 7) is 1.62. The first-order chi connectivity index (χ1) is 8.86. The van der Waals surface area contributed by atoms with Gasteiger partial charge in [-0.15, -0.1) is 0 Å².